The summed E-state index contributed by atoms with van der Waals surface area (Å²) in [6.45, 7) is 8.43. The van der Waals surface area contributed by atoms with E-state index < -0.39 is 11.2 Å². The molecule has 4 nitrogen and oxygen atoms in total. The van der Waals surface area contributed by atoms with E-state index in [1.54, 1.807) is 0 Å². The van der Waals surface area contributed by atoms with E-state index in [-0.39, 0.29) is 18.5 Å². The summed E-state index contributed by atoms with van der Waals surface area (Å²) in [5.41, 5.74) is -1.68. The van der Waals surface area contributed by atoms with Gasteiger partial charge in [0.1, 0.15) is 6.61 Å². The smallest absolute Gasteiger partial charge is 0.305 e. The summed E-state index contributed by atoms with van der Waals surface area (Å²) >= 11 is 0. The number of carbonyl (C=O) groups excluding carboxylic acids is 1. The first-order chi connectivity index (χ1) is 16.7. The molecule has 0 aliphatic heterocycles. The van der Waals surface area contributed by atoms with Gasteiger partial charge >= 0.3 is 5.97 Å². The Morgan fingerprint density at radius 3 is 2.03 bits per heavy atom. The number of hydrogen-bond acceptors (Lipinski definition) is 4. The third-order valence-electron chi connectivity index (χ3n) is 9.42. The van der Waals surface area contributed by atoms with Gasteiger partial charge in [0.25, 0.3) is 0 Å². The molecule has 4 heteroatoms. The molecule has 2 aliphatic carbocycles. The van der Waals surface area contributed by atoms with Gasteiger partial charge in [0.05, 0.1) is 11.2 Å². The molecule has 6 atom stereocenters. The molecule has 2 rings (SSSR count). The maximum atomic E-state index is 12.3. The van der Waals surface area contributed by atoms with Crippen molar-refractivity contribution in [2.75, 3.05) is 6.61 Å². The van der Waals surface area contributed by atoms with Crippen molar-refractivity contribution < 1.29 is 19.7 Å². The second kappa shape index (κ2) is 15.6. The van der Waals surface area contributed by atoms with Crippen molar-refractivity contribution in [3.8, 4) is 0 Å². The van der Waals surface area contributed by atoms with Crippen LogP contribution in [0.15, 0.2) is 0 Å². The highest BCUT2D eigenvalue weighted by molar-refractivity contribution is 5.69. The number of ether oxygens (including phenoxy) is 1. The molecular formula is C31H58O4. The number of hydrogen-bond donors (Lipinski definition) is 2. The van der Waals surface area contributed by atoms with E-state index in [0.717, 1.165) is 38.5 Å². The SMILES string of the molecule is CCCCCCCCCCCCCCCC(=O)OCC(C)(O)C1CCC(C)(O)C2CCC(C)C2C1. The quantitative estimate of drug-likeness (QED) is 0.159. The molecule has 2 N–H and O–H groups in total. The van der Waals surface area contributed by atoms with E-state index in [4.69, 9.17) is 4.74 Å². The summed E-state index contributed by atoms with van der Waals surface area (Å²) in [5.74, 6) is 1.25. The maximum Gasteiger partial charge on any atom is 0.305 e. The average Bonchev–Trinajstić information content (AvgIpc) is 3.12. The fraction of sp³-hybridized carbons (Fsp3) is 0.968. The van der Waals surface area contributed by atoms with E-state index in [2.05, 4.69) is 13.8 Å². The van der Waals surface area contributed by atoms with Gasteiger partial charge in [-0.15, -0.1) is 0 Å². The molecule has 0 heterocycles. The van der Waals surface area contributed by atoms with Gasteiger partial charge in [-0.25, -0.2) is 0 Å². The molecule has 0 bridgehead atoms. The molecular weight excluding hydrogens is 436 g/mol. The van der Waals surface area contributed by atoms with Crippen LogP contribution in [-0.2, 0) is 9.53 Å². The molecule has 0 aromatic rings. The molecule has 0 saturated heterocycles. The van der Waals surface area contributed by atoms with E-state index >= 15 is 0 Å². The van der Waals surface area contributed by atoms with Gasteiger partial charge in [-0.2, -0.15) is 0 Å². The number of carbonyl (C=O) groups is 1. The van der Waals surface area contributed by atoms with Crippen molar-refractivity contribution in [2.45, 2.75) is 161 Å². The van der Waals surface area contributed by atoms with Crippen LogP contribution in [0.1, 0.15) is 150 Å². The molecule has 2 aliphatic rings. The van der Waals surface area contributed by atoms with Crippen LogP contribution in [0.25, 0.3) is 0 Å². The lowest BCUT2D eigenvalue weighted by molar-refractivity contribution is -0.154. The summed E-state index contributed by atoms with van der Waals surface area (Å²) in [4.78, 5) is 12.3. The molecule has 0 aromatic heterocycles. The molecule has 206 valence electrons. The maximum absolute atomic E-state index is 12.3. The molecule has 0 amide bonds. The highest BCUT2D eigenvalue weighted by atomic mass is 16.5. The highest BCUT2D eigenvalue weighted by Gasteiger charge is 2.49. The van der Waals surface area contributed by atoms with Gasteiger partial charge in [0.2, 0.25) is 0 Å². The molecule has 0 radical (unpaired) electrons. The summed E-state index contributed by atoms with van der Waals surface area (Å²) in [6.07, 6.45) is 21.9. The van der Waals surface area contributed by atoms with Crippen LogP contribution < -0.4 is 0 Å². The third-order valence-corrected chi connectivity index (χ3v) is 9.42. The van der Waals surface area contributed by atoms with Crippen molar-refractivity contribution in [3.63, 3.8) is 0 Å². The Hall–Kier alpha value is -0.610. The second-order valence-electron chi connectivity index (χ2n) is 12.7. The van der Waals surface area contributed by atoms with Crippen molar-refractivity contribution in [1.82, 2.24) is 0 Å². The monoisotopic (exact) mass is 494 g/mol. The number of aliphatic hydroxyl groups is 2. The number of fused-ring (bicyclic) bond motifs is 1. The highest BCUT2D eigenvalue weighted by Crippen LogP contribution is 2.51. The molecule has 0 aromatic carbocycles. The van der Waals surface area contributed by atoms with Gasteiger partial charge in [0, 0.05) is 6.42 Å². The van der Waals surface area contributed by atoms with E-state index in [0.29, 0.717) is 30.6 Å². The van der Waals surface area contributed by atoms with Gasteiger partial charge < -0.3 is 14.9 Å². The predicted octanol–water partition coefficient (Wildman–Crippen LogP) is 7.98. The van der Waals surface area contributed by atoms with Crippen LogP contribution in [0.3, 0.4) is 0 Å². The first-order valence-electron chi connectivity index (χ1n) is 15.3. The van der Waals surface area contributed by atoms with Crippen molar-refractivity contribution in [3.05, 3.63) is 0 Å². The number of unbranched alkanes of at least 4 members (excludes halogenated alkanes) is 12. The Morgan fingerprint density at radius 2 is 1.46 bits per heavy atom. The minimum Gasteiger partial charge on any atom is -0.463 e. The van der Waals surface area contributed by atoms with E-state index in [9.17, 15) is 15.0 Å². The minimum absolute atomic E-state index is 0.0636. The predicted molar refractivity (Wildman–Crippen MR) is 145 cm³/mol. The zero-order chi connectivity index (χ0) is 25.7. The van der Waals surface area contributed by atoms with Crippen molar-refractivity contribution >= 4 is 5.97 Å². The van der Waals surface area contributed by atoms with Gasteiger partial charge in [-0.05, 0) is 69.6 Å². The number of esters is 1. The average molecular weight is 495 g/mol. The summed E-state index contributed by atoms with van der Waals surface area (Å²) in [7, 11) is 0. The lowest BCUT2D eigenvalue weighted by atomic mass is 9.76. The fourth-order valence-electron chi connectivity index (χ4n) is 6.80. The zero-order valence-electron chi connectivity index (χ0n) is 23.7. The van der Waals surface area contributed by atoms with Crippen LogP contribution in [0.4, 0.5) is 0 Å². The topological polar surface area (TPSA) is 66.8 Å². The molecule has 6 unspecified atom stereocenters. The van der Waals surface area contributed by atoms with Crippen LogP contribution >= 0.6 is 0 Å². The van der Waals surface area contributed by atoms with Crippen LogP contribution in [0.5, 0.6) is 0 Å². The third kappa shape index (κ3) is 10.7. The first-order valence-corrected chi connectivity index (χ1v) is 15.3. The Labute approximate surface area is 217 Å². The Bertz CT molecular complexity index is 585. The second-order valence-corrected chi connectivity index (χ2v) is 12.7. The molecule has 2 fully saturated rings. The van der Waals surface area contributed by atoms with Crippen molar-refractivity contribution in [2.24, 2.45) is 23.7 Å². The van der Waals surface area contributed by atoms with Gasteiger partial charge in [-0.3, -0.25) is 4.79 Å². The normalized spacial score (nSPS) is 30.5. The fourth-order valence-corrected chi connectivity index (χ4v) is 6.80. The summed E-state index contributed by atoms with van der Waals surface area (Å²) in [5, 5.41) is 22.2. The standard InChI is InChI=1S/C31H58O4/c1-5-6-7-8-9-10-11-12-13-14-15-16-17-18-29(32)35-24-31(4,34)26-21-22-30(3,33)28-20-19-25(2)27(28)23-26/h25-28,33-34H,5-24H2,1-4H3. The Kier molecular flexibility index (Phi) is 13.6. The van der Waals surface area contributed by atoms with E-state index in [1.165, 1.54) is 70.6 Å². The van der Waals surface area contributed by atoms with Gasteiger partial charge in [-0.1, -0.05) is 97.3 Å². The zero-order valence-corrected chi connectivity index (χ0v) is 23.7. The van der Waals surface area contributed by atoms with Crippen LogP contribution in [0.2, 0.25) is 0 Å². The molecule has 35 heavy (non-hydrogen) atoms. The summed E-state index contributed by atoms with van der Waals surface area (Å²) in [6, 6.07) is 0. The van der Waals surface area contributed by atoms with E-state index in [1.807, 2.05) is 13.8 Å². The largest absolute Gasteiger partial charge is 0.463 e. The van der Waals surface area contributed by atoms with Gasteiger partial charge in [0.15, 0.2) is 0 Å². The van der Waals surface area contributed by atoms with Crippen LogP contribution in [0, 0.1) is 23.7 Å². The lowest BCUT2D eigenvalue weighted by Gasteiger charge is -2.34. The molecule has 0 spiro atoms. The summed E-state index contributed by atoms with van der Waals surface area (Å²) < 4.78 is 5.55. The minimum atomic E-state index is -1.03. The van der Waals surface area contributed by atoms with Crippen LogP contribution in [-0.4, -0.2) is 34.0 Å². The lowest BCUT2D eigenvalue weighted by Crippen LogP contribution is -2.41. The Balaban J connectivity index is 1.55. The molecule has 2 saturated carbocycles. The Morgan fingerprint density at radius 1 is 0.914 bits per heavy atom. The van der Waals surface area contributed by atoms with Crippen molar-refractivity contribution in [1.29, 1.82) is 0 Å². The number of rotatable bonds is 17. The first kappa shape index (κ1) is 30.6.